The van der Waals surface area contributed by atoms with Gasteiger partial charge in [0.1, 0.15) is 65.2 Å². The predicted molar refractivity (Wildman–Crippen MR) is 140 cm³/mol. The van der Waals surface area contributed by atoms with Crippen molar-refractivity contribution in [2.45, 2.75) is 68.3 Å². The molecule has 10 atom stereocenters. The number of benzene rings is 2. The van der Waals surface area contributed by atoms with Crippen LogP contribution in [0, 0.1) is 0 Å². The number of ether oxygens (including phenoxy) is 4. The number of aliphatic hydroxyl groups is 6. The van der Waals surface area contributed by atoms with Gasteiger partial charge in [0.25, 0.3) is 0 Å². The average molecular weight is 611 g/mol. The Hall–Kier alpha value is -3.71. The summed E-state index contributed by atoms with van der Waals surface area (Å²) < 4.78 is 27.8. The molecule has 1 aromatic heterocycles. The van der Waals surface area contributed by atoms with Gasteiger partial charge in [-0.25, -0.2) is 0 Å². The van der Waals surface area contributed by atoms with Crippen LogP contribution >= 0.6 is 0 Å². The van der Waals surface area contributed by atoms with Crippen molar-refractivity contribution in [2.24, 2.45) is 0 Å². The maximum Gasteiger partial charge on any atom is 0.239 e. The number of aromatic hydroxyl groups is 4. The van der Waals surface area contributed by atoms with Gasteiger partial charge in [-0.3, -0.25) is 4.79 Å². The molecule has 0 amide bonds. The van der Waals surface area contributed by atoms with E-state index in [1.807, 2.05) is 0 Å². The van der Waals surface area contributed by atoms with Crippen LogP contribution in [-0.2, 0) is 14.2 Å². The lowest BCUT2D eigenvalue weighted by atomic mass is 9.98. The molecule has 0 radical (unpaired) electrons. The summed E-state index contributed by atoms with van der Waals surface area (Å²) in [6.07, 6.45) is -16.2. The maximum atomic E-state index is 13.6. The molecule has 0 spiro atoms. The van der Waals surface area contributed by atoms with Crippen molar-refractivity contribution in [1.82, 2.24) is 0 Å². The fraction of sp³-hybridized carbons (Fsp3) is 0.444. The molecule has 3 heterocycles. The Morgan fingerprint density at radius 2 is 1.42 bits per heavy atom. The first-order chi connectivity index (χ1) is 20.3. The summed E-state index contributed by atoms with van der Waals surface area (Å²) in [7, 11) is 0. The predicted octanol–water partition coefficient (Wildman–Crippen LogP) is -1.69. The highest BCUT2D eigenvalue weighted by molar-refractivity contribution is 5.88. The van der Waals surface area contributed by atoms with E-state index in [0.29, 0.717) is 0 Å². The number of fused-ring (bicyclic) bond motifs is 1. The molecule has 2 saturated heterocycles. The Morgan fingerprint density at radius 3 is 2.12 bits per heavy atom. The van der Waals surface area contributed by atoms with Gasteiger partial charge in [-0.15, -0.1) is 0 Å². The third-order valence-electron chi connectivity index (χ3n) is 7.29. The second-order valence-corrected chi connectivity index (χ2v) is 10.3. The van der Waals surface area contributed by atoms with Crippen molar-refractivity contribution in [1.29, 1.82) is 0 Å². The summed E-state index contributed by atoms with van der Waals surface area (Å²) in [5, 5.41) is 101. The molecule has 2 aliphatic heterocycles. The highest BCUT2D eigenvalue weighted by Gasteiger charge is 2.47. The minimum Gasteiger partial charge on any atom is -0.508 e. The van der Waals surface area contributed by atoms with E-state index < -0.39 is 113 Å². The van der Waals surface area contributed by atoms with E-state index in [0.717, 1.165) is 24.3 Å². The normalized spacial score (nSPS) is 33.0. The maximum absolute atomic E-state index is 13.6. The highest BCUT2D eigenvalue weighted by Crippen LogP contribution is 2.39. The lowest BCUT2D eigenvalue weighted by Crippen LogP contribution is -2.61. The Bertz CT molecular complexity index is 1540. The van der Waals surface area contributed by atoms with Gasteiger partial charge in [-0.1, -0.05) is 0 Å². The SMILES string of the molecule is C[C@@H]1O[C@@H](OC[C@H]2O[C@@H](Oc3c(-c4ccc(O)c(O)c4)oc4cc(O)cc(O)c4c3=O)[C@H](O)[C@H](O)[C@@H]2O)[C@@H](O)[C@H](O)[C@H]1O. The monoisotopic (exact) mass is 610 g/mol. The molecule has 0 bridgehead atoms. The van der Waals surface area contributed by atoms with Crippen LogP contribution in [-0.4, -0.2) is 119 Å². The van der Waals surface area contributed by atoms with Crippen molar-refractivity contribution in [2.75, 3.05) is 6.61 Å². The zero-order chi connectivity index (χ0) is 31.3. The van der Waals surface area contributed by atoms with Gasteiger partial charge in [0.15, 0.2) is 23.5 Å². The van der Waals surface area contributed by atoms with Crippen LogP contribution in [0.1, 0.15) is 6.92 Å². The number of phenolic OH excluding ortho intramolecular Hbond substituents is 4. The summed E-state index contributed by atoms with van der Waals surface area (Å²) in [5.74, 6) is -3.33. The van der Waals surface area contributed by atoms with Crippen molar-refractivity contribution in [3.63, 3.8) is 0 Å². The molecule has 0 aliphatic carbocycles. The smallest absolute Gasteiger partial charge is 0.239 e. The van der Waals surface area contributed by atoms with Gasteiger partial charge in [0, 0.05) is 17.7 Å². The summed E-state index contributed by atoms with van der Waals surface area (Å²) in [5.41, 5.74) is -1.35. The minimum atomic E-state index is -1.97. The first-order valence-corrected chi connectivity index (χ1v) is 13.0. The Labute approximate surface area is 241 Å². The molecule has 2 aromatic carbocycles. The molecule has 234 valence electrons. The lowest BCUT2D eigenvalue weighted by molar-refractivity contribution is -0.318. The van der Waals surface area contributed by atoms with Crippen LogP contribution in [0.15, 0.2) is 39.5 Å². The van der Waals surface area contributed by atoms with Crippen molar-refractivity contribution >= 4 is 11.0 Å². The average Bonchev–Trinajstić information content (AvgIpc) is 2.96. The third-order valence-corrected chi connectivity index (χ3v) is 7.29. The van der Waals surface area contributed by atoms with Gasteiger partial charge in [-0.2, -0.15) is 0 Å². The zero-order valence-electron chi connectivity index (χ0n) is 22.3. The molecular weight excluding hydrogens is 580 g/mol. The van der Waals surface area contributed by atoms with Crippen molar-refractivity contribution < 1.29 is 74.4 Å². The topological polar surface area (TPSA) is 269 Å². The molecule has 5 rings (SSSR count). The van der Waals surface area contributed by atoms with Crippen molar-refractivity contribution in [3.05, 3.63) is 40.6 Å². The number of hydrogen-bond acceptors (Lipinski definition) is 16. The Morgan fingerprint density at radius 1 is 0.744 bits per heavy atom. The Kier molecular flexibility index (Phi) is 8.41. The number of hydrogen-bond donors (Lipinski definition) is 10. The molecule has 10 N–H and O–H groups in total. The van der Waals surface area contributed by atoms with Crippen LogP contribution < -0.4 is 10.2 Å². The standard InChI is InChI=1S/C27H30O16/c1-8-17(32)20(35)22(37)26(40-8)39-7-15-18(33)21(36)23(38)27(42-15)43-25-19(34)16-13(31)5-10(28)6-14(16)41-24(25)9-2-3-11(29)12(30)4-9/h2-6,8,15,17-18,20-23,26-33,35-38H,7H2,1H3/t8-,15+,17-,18+,20+,21+,22-,23+,26+,27-/m0/s1. The first kappa shape index (κ1) is 30.7. The molecular formula is C27H30O16. The third kappa shape index (κ3) is 5.67. The van der Waals surface area contributed by atoms with Crippen LogP contribution in [0.4, 0.5) is 0 Å². The van der Waals surface area contributed by atoms with E-state index in [1.54, 1.807) is 0 Å². The fourth-order valence-corrected chi connectivity index (χ4v) is 4.84. The number of rotatable bonds is 6. The van der Waals surface area contributed by atoms with E-state index >= 15 is 0 Å². The van der Waals surface area contributed by atoms with E-state index in [9.17, 15) is 55.9 Å². The van der Waals surface area contributed by atoms with Gasteiger partial charge in [0.2, 0.25) is 17.5 Å². The minimum absolute atomic E-state index is 0.0313. The largest absolute Gasteiger partial charge is 0.508 e. The van der Waals surface area contributed by atoms with E-state index in [1.165, 1.54) is 13.0 Å². The summed E-state index contributed by atoms with van der Waals surface area (Å²) in [6, 6.07) is 5.24. The molecule has 2 fully saturated rings. The number of phenols is 4. The number of aliphatic hydroxyl groups excluding tert-OH is 6. The summed E-state index contributed by atoms with van der Waals surface area (Å²) in [4.78, 5) is 13.6. The van der Waals surface area contributed by atoms with Gasteiger partial charge in [-0.05, 0) is 25.1 Å². The molecule has 43 heavy (non-hydrogen) atoms. The lowest BCUT2D eigenvalue weighted by Gasteiger charge is -2.42. The quantitative estimate of drug-likeness (QED) is 0.140. The molecule has 2 aliphatic rings. The molecule has 3 aromatic rings. The van der Waals surface area contributed by atoms with E-state index in [4.69, 9.17) is 23.4 Å². The summed E-state index contributed by atoms with van der Waals surface area (Å²) >= 11 is 0. The molecule has 16 nitrogen and oxygen atoms in total. The van der Waals surface area contributed by atoms with Crippen LogP contribution in [0.25, 0.3) is 22.3 Å². The fourth-order valence-electron chi connectivity index (χ4n) is 4.84. The zero-order valence-corrected chi connectivity index (χ0v) is 22.3. The van der Waals surface area contributed by atoms with Crippen LogP contribution in [0.5, 0.6) is 28.7 Å². The highest BCUT2D eigenvalue weighted by atomic mass is 16.7. The second kappa shape index (κ2) is 11.8. The Balaban J connectivity index is 1.48. The van der Waals surface area contributed by atoms with Crippen LogP contribution in [0.2, 0.25) is 0 Å². The molecule has 0 saturated carbocycles. The summed E-state index contributed by atoms with van der Waals surface area (Å²) in [6.45, 7) is 0.818. The van der Waals surface area contributed by atoms with Gasteiger partial charge >= 0.3 is 0 Å². The van der Waals surface area contributed by atoms with E-state index in [2.05, 4.69) is 0 Å². The molecule has 16 heteroatoms. The first-order valence-electron chi connectivity index (χ1n) is 13.0. The van der Waals surface area contributed by atoms with Gasteiger partial charge < -0.3 is 74.4 Å². The van der Waals surface area contributed by atoms with Gasteiger partial charge in [0.05, 0.1) is 12.7 Å². The molecule has 0 unspecified atom stereocenters. The second-order valence-electron chi connectivity index (χ2n) is 10.3. The van der Waals surface area contributed by atoms with E-state index in [-0.39, 0.29) is 11.1 Å². The van der Waals surface area contributed by atoms with Crippen LogP contribution in [0.3, 0.4) is 0 Å². The van der Waals surface area contributed by atoms with Crippen molar-refractivity contribution in [3.8, 4) is 40.1 Å².